The third-order valence-electron chi connectivity index (χ3n) is 9.36. The molecule has 1 amide bonds. The molecular formula is C32H41N3O6. The highest BCUT2D eigenvalue weighted by Crippen LogP contribution is 2.61. The van der Waals surface area contributed by atoms with E-state index in [4.69, 9.17) is 24.5 Å². The van der Waals surface area contributed by atoms with Gasteiger partial charge in [-0.25, -0.2) is 9.59 Å². The average Bonchev–Trinajstić information content (AvgIpc) is 2.94. The summed E-state index contributed by atoms with van der Waals surface area (Å²) < 4.78 is 6.30. The molecule has 0 radical (unpaired) electrons. The molecule has 41 heavy (non-hydrogen) atoms. The summed E-state index contributed by atoms with van der Waals surface area (Å²) in [6, 6.07) is 12.5. The van der Waals surface area contributed by atoms with Gasteiger partial charge in [-0.3, -0.25) is 14.7 Å². The predicted octanol–water partition coefficient (Wildman–Crippen LogP) is 4.11. The number of aromatic nitrogens is 1. The molecule has 5 aliphatic rings. The Balaban J connectivity index is 0.000000511. The Morgan fingerprint density at radius 3 is 2.10 bits per heavy atom. The number of rotatable bonds is 8. The van der Waals surface area contributed by atoms with Gasteiger partial charge in [0.2, 0.25) is 5.91 Å². The number of carboxylic acids is 2. The maximum atomic E-state index is 12.6. The van der Waals surface area contributed by atoms with E-state index in [1.165, 1.54) is 50.5 Å². The summed E-state index contributed by atoms with van der Waals surface area (Å²) >= 11 is 0. The van der Waals surface area contributed by atoms with E-state index in [2.05, 4.69) is 34.1 Å². The molecule has 1 saturated heterocycles. The summed E-state index contributed by atoms with van der Waals surface area (Å²) in [5, 5.41) is 14.8. The number of pyridine rings is 1. The molecule has 220 valence electrons. The highest BCUT2D eigenvalue weighted by molar-refractivity contribution is 6.27. The molecule has 5 fully saturated rings. The van der Waals surface area contributed by atoms with Crippen LogP contribution in [-0.4, -0.2) is 75.6 Å². The molecule has 0 atom stereocenters. The van der Waals surface area contributed by atoms with Crippen LogP contribution in [0.3, 0.4) is 0 Å². The first kappa shape index (κ1) is 29.0. The third-order valence-corrected chi connectivity index (χ3v) is 9.36. The van der Waals surface area contributed by atoms with Crippen molar-refractivity contribution in [2.24, 2.45) is 23.2 Å². The van der Waals surface area contributed by atoms with Gasteiger partial charge < -0.3 is 19.8 Å². The van der Waals surface area contributed by atoms with Gasteiger partial charge in [-0.1, -0.05) is 18.2 Å². The predicted molar refractivity (Wildman–Crippen MR) is 152 cm³/mol. The van der Waals surface area contributed by atoms with Crippen LogP contribution in [0, 0.1) is 23.2 Å². The van der Waals surface area contributed by atoms with Gasteiger partial charge >= 0.3 is 11.9 Å². The van der Waals surface area contributed by atoms with E-state index >= 15 is 0 Å². The van der Waals surface area contributed by atoms with E-state index in [1.54, 1.807) is 12.4 Å². The van der Waals surface area contributed by atoms with Crippen molar-refractivity contribution in [2.75, 3.05) is 32.8 Å². The second-order valence-corrected chi connectivity index (χ2v) is 12.5. The van der Waals surface area contributed by atoms with Crippen LogP contribution in [0.5, 0.6) is 5.75 Å². The van der Waals surface area contributed by atoms with Gasteiger partial charge in [-0.05, 0) is 97.4 Å². The van der Waals surface area contributed by atoms with Crippen LogP contribution in [0.1, 0.15) is 56.1 Å². The van der Waals surface area contributed by atoms with Gasteiger partial charge in [0, 0.05) is 45.1 Å². The van der Waals surface area contributed by atoms with Gasteiger partial charge in [-0.2, -0.15) is 0 Å². The highest BCUT2D eigenvalue weighted by atomic mass is 16.5. The van der Waals surface area contributed by atoms with E-state index in [0.29, 0.717) is 11.8 Å². The van der Waals surface area contributed by atoms with E-state index in [1.807, 2.05) is 17.0 Å². The zero-order chi connectivity index (χ0) is 28.8. The van der Waals surface area contributed by atoms with Gasteiger partial charge in [0.15, 0.2) is 0 Å². The molecule has 2 N–H and O–H groups in total. The van der Waals surface area contributed by atoms with Crippen molar-refractivity contribution < 1.29 is 29.3 Å². The normalized spacial score (nSPS) is 26.6. The van der Waals surface area contributed by atoms with Gasteiger partial charge in [0.1, 0.15) is 5.75 Å². The Hall–Kier alpha value is -3.46. The van der Waals surface area contributed by atoms with Crippen LogP contribution in [0.4, 0.5) is 0 Å². The number of piperazine rings is 1. The highest BCUT2D eigenvalue weighted by Gasteiger charge is 2.50. The quantitative estimate of drug-likeness (QED) is 0.461. The molecule has 9 heteroatoms. The fourth-order valence-electron chi connectivity index (χ4n) is 7.92. The number of benzene rings is 1. The molecule has 4 aliphatic carbocycles. The Morgan fingerprint density at radius 2 is 1.51 bits per heavy atom. The van der Waals surface area contributed by atoms with Crippen molar-refractivity contribution in [2.45, 2.75) is 57.9 Å². The van der Waals surface area contributed by atoms with Crippen molar-refractivity contribution >= 4 is 17.8 Å². The van der Waals surface area contributed by atoms with Crippen LogP contribution in [0.2, 0.25) is 0 Å². The molecule has 0 unspecified atom stereocenters. The number of amides is 1. The molecular weight excluding hydrogens is 522 g/mol. The minimum atomic E-state index is -1.82. The Labute approximate surface area is 241 Å². The van der Waals surface area contributed by atoms with Crippen molar-refractivity contribution in [3.8, 4) is 5.75 Å². The molecule has 4 saturated carbocycles. The zero-order valence-corrected chi connectivity index (χ0v) is 23.6. The first-order valence-corrected chi connectivity index (χ1v) is 14.8. The summed E-state index contributed by atoms with van der Waals surface area (Å²) in [6.07, 6.45) is 14.1. The number of ether oxygens (including phenoxy) is 1. The standard InChI is InChI=1S/C30H39N3O2.C2H2O4/c34-29(17-23-4-2-7-31-21-23)33-10-8-32(9-11-33)22-24-3-1-5-28(16-24)35-12-6-30-18-25-13-26(19-30)15-27(14-25)20-30;3-1(4)2(5)6/h1-5,7,16,21,25-27H,6,8-15,17-20,22H2;(H,3,4)(H,5,6). The Kier molecular flexibility index (Phi) is 9.22. The maximum absolute atomic E-state index is 12.6. The Bertz CT molecular complexity index is 1160. The average molecular weight is 564 g/mol. The zero-order valence-electron chi connectivity index (χ0n) is 23.6. The van der Waals surface area contributed by atoms with Crippen molar-refractivity contribution in [1.82, 2.24) is 14.8 Å². The lowest BCUT2D eigenvalue weighted by Gasteiger charge is -2.57. The van der Waals surface area contributed by atoms with Crippen molar-refractivity contribution in [1.29, 1.82) is 0 Å². The van der Waals surface area contributed by atoms with Crippen LogP contribution in [-0.2, 0) is 27.3 Å². The summed E-state index contributed by atoms with van der Waals surface area (Å²) in [7, 11) is 0. The molecule has 2 heterocycles. The summed E-state index contributed by atoms with van der Waals surface area (Å²) in [4.78, 5) is 39.4. The Morgan fingerprint density at radius 1 is 0.878 bits per heavy atom. The minimum absolute atomic E-state index is 0.201. The van der Waals surface area contributed by atoms with Gasteiger partial charge in [0.25, 0.3) is 0 Å². The molecule has 4 bridgehead atoms. The van der Waals surface area contributed by atoms with Gasteiger partial charge in [0.05, 0.1) is 13.0 Å². The van der Waals surface area contributed by atoms with Crippen LogP contribution in [0.15, 0.2) is 48.8 Å². The van der Waals surface area contributed by atoms with Crippen molar-refractivity contribution in [3.05, 3.63) is 59.9 Å². The maximum Gasteiger partial charge on any atom is 0.414 e. The summed E-state index contributed by atoms with van der Waals surface area (Å²) in [6.45, 7) is 5.18. The molecule has 0 spiro atoms. The summed E-state index contributed by atoms with van der Waals surface area (Å²) in [5.74, 6) is 0.594. The van der Waals surface area contributed by atoms with Gasteiger partial charge in [-0.15, -0.1) is 0 Å². The number of carboxylic acid groups (broad SMARTS) is 2. The van der Waals surface area contributed by atoms with E-state index in [0.717, 1.165) is 68.4 Å². The van der Waals surface area contributed by atoms with E-state index in [9.17, 15) is 4.79 Å². The summed E-state index contributed by atoms with van der Waals surface area (Å²) in [5.41, 5.74) is 2.87. The molecule has 9 nitrogen and oxygen atoms in total. The molecule has 1 aromatic carbocycles. The number of aliphatic carboxylic acids is 2. The lowest BCUT2D eigenvalue weighted by Crippen LogP contribution is -2.48. The third kappa shape index (κ3) is 7.85. The SMILES string of the molecule is O=C(Cc1cccnc1)N1CCN(Cc2cccc(OCCC34CC5CC(CC(C5)C3)C4)c2)CC1.O=C(O)C(=O)O. The fraction of sp³-hybridized carbons (Fsp3) is 0.562. The van der Waals surface area contributed by atoms with Crippen LogP contribution in [0.25, 0.3) is 0 Å². The van der Waals surface area contributed by atoms with E-state index in [-0.39, 0.29) is 5.91 Å². The molecule has 1 aliphatic heterocycles. The number of nitrogens with zero attached hydrogens (tertiary/aromatic N) is 3. The lowest BCUT2D eigenvalue weighted by molar-refractivity contribution is -0.159. The number of carbonyl (C=O) groups excluding carboxylic acids is 1. The largest absolute Gasteiger partial charge is 0.494 e. The van der Waals surface area contributed by atoms with Crippen LogP contribution < -0.4 is 4.74 Å². The van der Waals surface area contributed by atoms with Crippen molar-refractivity contribution in [3.63, 3.8) is 0 Å². The number of hydrogen-bond donors (Lipinski definition) is 2. The topological polar surface area (TPSA) is 120 Å². The fourth-order valence-corrected chi connectivity index (χ4v) is 7.92. The lowest BCUT2D eigenvalue weighted by atomic mass is 9.49. The number of hydrogen-bond acceptors (Lipinski definition) is 6. The molecule has 7 rings (SSSR count). The minimum Gasteiger partial charge on any atom is -0.494 e. The number of carbonyl (C=O) groups is 3. The molecule has 1 aromatic heterocycles. The molecule has 2 aromatic rings. The first-order chi connectivity index (χ1) is 19.8. The second-order valence-electron chi connectivity index (χ2n) is 12.5. The van der Waals surface area contributed by atoms with Crippen LogP contribution >= 0.6 is 0 Å². The monoisotopic (exact) mass is 563 g/mol. The second kappa shape index (κ2) is 13.0. The smallest absolute Gasteiger partial charge is 0.414 e. The first-order valence-electron chi connectivity index (χ1n) is 14.8. The van der Waals surface area contributed by atoms with E-state index < -0.39 is 11.9 Å².